The number of nitrogens with one attached hydrogen (secondary N) is 1. The molecule has 104 valence electrons. The molecule has 2 aliphatic carbocycles. The van der Waals surface area contributed by atoms with Crippen LogP contribution in [0.25, 0.3) is 0 Å². The quantitative estimate of drug-likeness (QED) is 0.806. The summed E-state index contributed by atoms with van der Waals surface area (Å²) in [5.41, 5.74) is 1.46. The first-order valence-electron chi connectivity index (χ1n) is 8.17. The average Bonchev–Trinajstić information content (AvgIpc) is 3.31. The molecule has 2 saturated carbocycles. The number of hydrogen-bond donors (Lipinski definition) is 1. The fourth-order valence-electron chi connectivity index (χ4n) is 3.79. The Morgan fingerprint density at radius 3 is 2.53 bits per heavy atom. The molecule has 1 aromatic rings. The van der Waals surface area contributed by atoms with Crippen LogP contribution in [0.15, 0.2) is 30.3 Å². The predicted molar refractivity (Wildman–Crippen MR) is 81.1 cm³/mol. The van der Waals surface area contributed by atoms with Gasteiger partial charge in [0.15, 0.2) is 0 Å². The van der Waals surface area contributed by atoms with E-state index >= 15 is 0 Å². The highest BCUT2D eigenvalue weighted by molar-refractivity contribution is 5.18. The van der Waals surface area contributed by atoms with Gasteiger partial charge < -0.3 is 5.32 Å². The molecule has 0 aliphatic heterocycles. The van der Waals surface area contributed by atoms with Gasteiger partial charge in [0.1, 0.15) is 0 Å². The van der Waals surface area contributed by atoms with Crippen molar-refractivity contribution in [2.45, 2.75) is 64.0 Å². The van der Waals surface area contributed by atoms with Crippen LogP contribution in [0.4, 0.5) is 0 Å². The highest BCUT2D eigenvalue weighted by Gasteiger charge is 2.35. The van der Waals surface area contributed by atoms with Gasteiger partial charge in [-0.25, -0.2) is 0 Å². The van der Waals surface area contributed by atoms with Gasteiger partial charge in [-0.1, -0.05) is 50.1 Å². The highest BCUT2D eigenvalue weighted by Crippen LogP contribution is 2.44. The van der Waals surface area contributed by atoms with Crippen molar-refractivity contribution < 1.29 is 0 Å². The predicted octanol–water partition coefficient (Wildman–Crippen LogP) is 4.70. The van der Waals surface area contributed by atoms with E-state index in [1.807, 2.05) is 0 Å². The maximum atomic E-state index is 3.93. The summed E-state index contributed by atoms with van der Waals surface area (Å²) in [7, 11) is 0. The summed E-state index contributed by atoms with van der Waals surface area (Å²) in [6, 6.07) is 12.3. The maximum Gasteiger partial charge on any atom is 0.0320 e. The van der Waals surface area contributed by atoms with Crippen molar-refractivity contribution in [1.29, 1.82) is 0 Å². The maximum absolute atomic E-state index is 3.93. The van der Waals surface area contributed by atoms with Crippen molar-refractivity contribution in [3.8, 4) is 0 Å². The van der Waals surface area contributed by atoms with E-state index in [0.29, 0.717) is 6.04 Å². The molecule has 0 spiro atoms. The first-order valence-corrected chi connectivity index (χ1v) is 8.17. The Kier molecular flexibility index (Phi) is 4.22. The SMILES string of the molecule is CCC(NC1CCCC(C2CC2)C1)c1ccccc1. The van der Waals surface area contributed by atoms with E-state index in [1.165, 1.54) is 50.5 Å². The van der Waals surface area contributed by atoms with Gasteiger partial charge in [0, 0.05) is 12.1 Å². The van der Waals surface area contributed by atoms with E-state index < -0.39 is 0 Å². The molecule has 1 nitrogen and oxygen atoms in total. The van der Waals surface area contributed by atoms with Gasteiger partial charge >= 0.3 is 0 Å². The molecule has 3 unspecified atom stereocenters. The largest absolute Gasteiger partial charge is 0.307 e. The van der Waals surface area contributed by atoms with Crippen molar-refractivity contribution in [2.75, 3.05) is 0 Å². The lowest BCUT2D eigenvalue weighted by Crippen LogP contribution is -2.37. The topological polar surface area (TPSA) is 12.0 Å². The van der Waals surface area contributed by atoms with Gasteiger partial charge in [-0.3, -0.25) is 0 Å². The molecule has 1 heteroatoms. The Morgan fingerprint density at radius 1 is 1.05 bits per heavy atom. The summed E-state index contributed by atoms with van der Waals surface area (Å²) in [6.07, 6.45) is 9.94. The van der Waals surface area contributed by atoms with E-state index in [4.69, 9.17) is 0 Å². The molecule has 0 bridgehead atoms. The minimum absolute atomic E-state index is 0.546. The number of benzene rings is 1. The van der Waals surface area contributed by atoms with Gasteiger partial charge in [0.05, 0.1) is 0 Å². The second kappa shape index (κ2) is 6.09. The summed E-state index contributed by atoms with van der Waals surface area (Å²) < 4.78 is 0. The van der Waals surface area contributed by atoms with Crippen LogP contribution in [-0.4, -0.2) is 6.04 Å². The zero-order chi connectivity index (χ0) is 13.1. The zero-order valence-electron chi connectivity index (χ0n) is 12.1. The molecule has 0 heterocycles. The van der Waals surface area contributed by atoms with Crippen molar-refractivity contribution in [2.24, 2.45) is 11.8 Å². The van der Waals surface area contributed by atoms with Crippen LogP contribution in [0.2, 0.25) is 0 Å². The summed E-state index contributed by atoms with van der Waals surface area (Å²) in [4.78, 5) is 0. The van der Waals surface area contributed by atoms with Gasteiger partial charge in [-0.2, -0.15) is 0 Å². The van der Waals surface area contributed by atoms with Crippen LogP contribution in [0, 0.1) is 11.8 Å². The molecular formula is C18H27N. The Hall–Kier alpha value is -0.820. The summed E-state index contributed by atoms with van der Waals surface area (Å²) in [6.45, 7) is 2.30. The summed E-state index contributed by atoms with van der Waals surface area (Å²) >= 11 is 0. The van der Waals surface area contributed by atoms with E-state index in [-0.39, 0.29) is 0 Å². The Balaban J connectivity index is 1.59. The Labute approximate surface area is 117 Å². The first kappa shape index (κ1) is 13.2. The molecular weight excluding hydrogens is 230 g/mol. The van der Waals surface area contributed by atoms with Crippen LogP contribution < -0.4 is 5.32 Å². The molecule has 2 fully saturated rings. The van der Waals surface area contributed by atoms with E-state index in [2.05, 4.69) is 42.6 Å². The fraction of sp³-hybridized carbons (Fsp3) is 0.667. The average molecular weight is 257 g/mol. The third kappa shape index (κ3) is 3.39. The van der Waals surface area contributed by atoms with Gasteiger partial charge in [-0.15, -0.1) is 0 Å². The molecule has 0 aromatic heterocycles. The van der Waals surface area contributed by atoms with Crippen LogP contribution in [0.3, 0.4) is 0 Å². The minimum atomic E-state index is 0.546. The third-order valence-corrected chi connectivity index (χ3v) is 5.05. The zero-order valence-corrected chi connectivity index (χ0v) is 12.1. The van der Waals surface area contributed by atoms with Crippen molar-refractivity contribution in [1.82, 2.24) is 5.32 Å². The monoisotopic (exact) mass is 257 g/mol. The van der Waals surface area contributed by atoms with Crippen LogP contribution in [0.5, 0.6) is 0 Å². The standard InChI is InChI=1S/C18H27N/c1-2-18(15-7-4-3-5-8-15)19-17-10-6-9-16(13-17)14-11-12-14/h3-5,7-8,14,16-19H,2,6,9-13H2,1H3. The van der Waals surface area contributed by atoms with E-state index in [0.717, 1.165) is 17.9 Å². The van der Waals surface area contributed by atoms with E-state index in [1.54, 1.807) is 0 Å². The van der Waals surface area contributed by atoms with Crippen LogP contribution in [0.1, 0.15) is 63.5 Å². The van der Waals surface area contributed by atoms with E-state index in [9.17, 15) is 0 Å². The number of hydrogen-bond acceptors (Lipinski definition) is 1. The van der Waals surface area contributed by atoms with Crippen LogP contribution >= 0.6 is 0 Å². The lowest BCUT2D eigenvalue weighted by molar-refractivity contribution is 0.244. The van der Waals surface area contributed by atoms with Crippen molar-refractivity contribution >= 4 is 0 Å². The molecule has 3 rings (SSSR count). The molecule has 1 aromatic carbocycles. The molecule has 2 aliphatic rings. The molecule has 0 amide bonds. The molecule has 3 atom stereocenters. The lowest BCUT2D eigenvalue weighted by atomic mass is 9.82. The van der Waals surface area contributed by atoms with Gasteiger partial charge in [0.2, 0.25) is 0 Å². The van der Waals surface area contributed by atoms with Crippen LogP contribution in [-0.2, 0) is 0 Å². The van der Waals surface area contributed by atoms with Crippen molar-refractivity contribution in [3.05, 3.63) is 35.9 Å². The van der Waals surface area contributed by atoms with Gasteiger partial charge in [-0.05, 0) is 49.5 Å². The number of rotatable bonds is 5. The molecule has 19 heavy (non-hydrogen) atoms. The second-order valence-electron chi connectivity index (χ2n) is 6.50. The Morgan fingerprint density at radius 2 is 1.84 bits per heavy atom. The third-order valence-electron chi connectivity index (χ3n) is 5.05. The summed E-state index contributed by atoms with van der Waals surface area (Å²) in [5, 5.41) is 3.93. The minimum Gasteiger partial charge on any atom is -0.307 e. The molecule has 0 saturated heterocycles. The smallest absolute Gasteiger partial charge is 0.0320 e. The van der Waals surface area contributed by atoms with Gasteiger partial charge in [0.25, 0.3) is 0 Å². The summed E-state index contributed by atoms with van der Waals surface area (Å²) in [5.74, 6) is 2.11. The first-order chi connectivity index (χ1) is 9.36. The highest BCUT2D eigenvalue weighted by atomic mass is 15.0. The molecule has 1 N–H and O–H groups in total. The second-order valence-corrected chi connectivity index (χ2v) is 6.50. The normalized spacial score (nSPS) is 29.1. The lowest BCUT2D eigenvalue weighted by Gasteiger charge is -2.33. The van der Waals surface area contributed by atoms with Crippen molar-refractivity contribution in [3.63, 3.8) is 0 Å². The fourth-order valence-corrected chi connectivity index (χ4v) is 3.79. The molecule has 0 radical (unpaired) electrons. The Bertz CT molecular complexity index is 382.